The van der Waals surface area contributed by atoms with Crippen molar-refractivity contribution in [3.63, 3.8) is 0 Å². The molecule has 0 atom stereocenters. The Labute approximate surface area is 843 Å². The number of carbonyl (C=O) groups excluding carboxylic acids is 1. The molecular weight excluding hydrogens is 2480 g/mol. The van der Waals surface area contributed by atoms with Crippen LogP contribution in [0.1, 0.15) is 111 Å². The fourth-order valence-corrected chi connectivity index (χ4v) is 20.7. The van der Waals surface area contributed by atoms with Gasteiger partial charge in [0.15, 0.2) is 5.78 Å². The molecule has 1 saturated heterocycles. The van der Waals surface area contributed by atoms with Crippen molar-refractivity contribution in [3.8, 4) is 28.7 Å². The minimum absolute atomic E-state index is 0.0837. The number of phenols is 1. The first kappa shape index (κ1) is 114. The summed E-state index contributed by atoms with van der Waals surface area (Å²) in [4.78, 5) is 22.5. The number of aromatic carboxylic acids is 1. The molecule has 1 fully saturated rings. The van der Waals surface area contributed by atoms with Gasteiger partial charge in [-0.25, -0.2) is 4.79 Å². The van der Waals surface area contributed by atoms with Crippen LogP contribution in [0.15, 0.2) is 180 Å². The molecule has 1 aliphatic rings. The van der Waals surface area contributed by atoms with E-state index in [0.29, 0.717) is 19.8 Å². The maximum absolute atomic E-state index is 12.1. The summed E-state index contributed by atoms with van der Waals surface area (Å²) >= 11 is 112. The van der Waals surface area contributed by atoms with Crippen LogP contribution in [0.4, 0.5) is 0 Å². The lowest BCUT2D eigenvalue weighted by Crippen LogP contribution is -2.05. The van der Waals surface area contributed by atoms with Gasteiger partial charge in [0.05, 0.1) is 99.5 Å². The molecule has 0 bridgehead atoms. The maximum atomic E-state index is 12.1. The highest BCUT2D eigenvalue weighted by atomic mass is 80.0. The van der Waals surface area contributed by atoms with Crippen LogP contribution in [0.3, 0.4) is 0 Å². The number of ketones is 1. The second-order valence-corrected chi connectivity index (χ2v) is 49.6. The third kappa shape index (κ3) is 51.9. The Morgan fingerprint density at radius 1 is 0.435 bits per heavy atom. The molecule has 115 heavy (non-hydrogen) atoms. The number of benzene rings is 5. The summed E-state index contributed by atoms with van der Waals surface area (Å²) in [5.41, 5.74) is 10.7. The number of rotatable bonds is 18. The van der Waals surface area contributed by atoms with Crippen molar-refractivity contribution >= 4 is 388 Å². The zero-order valence-corrected chi connectivity index (χ0v) is 90.7. The third-order valence-corrected chi connectivity index (χ3v) is 24.7. The number of phenolic OH excluding ortho intramolecular Hbond substituents is 1. The van der Waals surface area contributed by atoms with Crippen LogP contribution in [0.5, 0.6) is 28.7 Å². The van der Waals surface area contributed by atoms with E-state index in [2.05, 4.69) is 204 Å². The topological polar surface area (TPSA) is 121 Å². The van der Waals surface area contributed by atoms with E-state index in [1.807, 2.05) is 68.4 Å². The minimum Gasteiger partial charge on any atom is -0.508 e. The molecule has 0 aliphatic carbocycles. The lowest BCUT2D eigenvalue weighted by molar-refractivity contribution is 0.0697. The van der Waals surface area contributed by atoms with Crippen molar-refractivity contribution in [2.75, 3.05) is 55.4 Å². The first-order valence-electron chi connectivity index (χ1n) is 32.6. The number of thiophene rings is 6. The van der Waals surface area contributed by atoms with Gasteiger partial charge < -0.3 is 33.9 Å². The van der Waals surface area contributed by atoms with E-state index < -0.39 is 5.97 Å². The van der Waals surface area contributed by atoms with Crippen molar-refractivity contribution < 1.29 is 43.5 Å². The fourth-order valence-electron chi connectivity index (χ4n) is 8.49. The number of aromatic hydroxyl groups is 1. The molecule has 630 valence electrons. The molecule has 0 amide bonds. The van der Waals surface area contributed by atoms with Gasteiger partial charge in [0, 0.05) is 18.8 Å². The zero-order valence-electron chi connectivity index (χ0n) is 61.0. The van der Waals surface area contributed by atoms with E-state index in [4.69, 9.17) is 196 Å². The average molecular weight is 2550 g/mol. The summed E-state index contributed by atoms with van der Waals surface area (Å²) in [6.45, 7) is 8.92. The number of carboxylic acid groups (broad SMARTS) is 1. The van der Waals surface area contributed by atoms with Crippen LogP contribution in [0.2, 0.25) is 26.0 Å². The van der Waals surface area contributed by atoms with Crippen LogP contribution < -0.4 is 18.9 Å². The van der Waals surface area contributed by atoms with E-state index in [9.17, 15) is 9.59 Å². The number of methoxy groups -OCH3 is 2. The van der Waals surface area contributed by atoms with Crippen LogP contribution in [-0.2, 0) is 30.4 Å². The van der Waals surface area contributed by atoms with E-state index >= 15 is 0 Å². The molecule has 1 aliphatic heterocycles. The highest BCUT2D eigenvalue weighted by Gasteiger charge is 2.17. The van der Waals surface area contributed by atoms with Crippen molar-refractivity contribution in [1.82, 2.24) is 0 Å². The molecule has 7 heterocycles. The average Bonchev–Trinajstić information content (AvgIpc) is 1.67. The standard InChI is InChI=1S/2C14H14BrClOS.C12H8BrClO2S.C12H10BrClOS.C11H8BrClOS.C5H2BrClO2S.C4H8O.4CH2Cl2.BBr3/c1-9(2)17-12-5-3-10(4-6-12)7-11-8-13(15)18-14(11)16;1-2-7-17-12-5-3-10(4-6-12)8-11-9-13(15)18-14(11)16;1-16-8-4-2-7(3-5-8)11(15)9-6-10(13)17-12(9)14;1-15-10-4-2-8(3-5-10)6-9-7-11(13)16-12(9)14;12-10-6-8(11(13)15-10)5-7-1-3-9(14)4-2-7;6-3-1-2(5(8)9)4(7)10-3;1-2-4-5-3-1;4*2-1-3;2-1(3)4/h3-6,8-9H,7H2,1-2H3;3-6,9H,2,7-8H2,1H3;2-6H,1H3;2-5,7H,6H2,1H3;1-4,6,14H,5H2;1H,(H,8,9);1-4H2;4*1H2;. The molecule has 6 aromatic heterocycles. The largest absolute Gasteiger partial charge is 0.508 e. The van der Waals surface area contributed by atoms with Crippen molar-refractivity contribution in [1.29, 1.82) is 0 Å². The lowest BCUT2D eigenvalue weighted by Gasteiger charge is -2.09. The predicted octanol–water partition coefficient (Wildman–Crippen LogP) is 36.2. The summed E-state index contributed by atoms with van der Waals surface area (Å²) < 4.78 is 36.6. The first-order valence-corrected chi connectivity index (χ1v) is 51.6. The first-order chi connectivity index (χ1) is 54.7. The SMILES string of the molecule is BrB(Br)Br.C1CCOC1.CC(C)Oc1ccc(Cc2cc(Br)sc2Cl)cc1.CCCOc1ccc(Cc2cc(Br)sc2Cl)cc1.COc1ccc(C(=O)c2cc(Br)sc2Cl)cc1.COc1ccc(Cc2cc(Br)sc2Cl)cc1.ClCCl.ClCCl.ClCCl.ClCCl.O=C(O)c1cc(Br)sc1Cl.Oc1ccc(Cc2cc(Br)sc2Cl)cc1. The minimum atomic E-state index is -0.994. The lowest BCUT2D eigenvalue weighted by atomic mass is 10.1. The molecule has 0 radical (unpaired) electrons. The van der Waals surface area contributed by atoms with E-state index in [1.54, 1.807) is 90.7 Å². The molecule has 12 rings (SSSR count). The number of hydrogen-bond donors (Lipinski definition) is 2. The normalized spacial score (nSPS) is 10.5. The van der Waals surface area contributed by atoms with Gasteiger partial charge in [-0.2, -0.15) is 0 Å². The predicted molar refractivity (Wildman–Crippen MR) is 541 cm³/mol. The summed E-state index contributed by atoms with van der Waals surface area (Å²) in [7, 11) is 3.26. The van der Waals surface area contributed by atoms with Crippen molar-refractivity contribution in [2.24, 2.45) is 0 Å². The van der Waals surface area contributed by atoms with E-state index in [-0.39, 0.29) is 47.7 Å². The monoisotopic (exact) mass is 2530 g/mol. The Morgan fingerprint density at radius 3 is 0.939 bits per heavy atom. The third-order valence-electron chi connectivity index (χ3n) is 13.2. The maximum Gasteiger partial charge on any atom is 0.369 e. The molecule has 0 saturated carbocycles. The van der Waals surface area contributed by atoms with Crippen LogP contribution >= 0.6 is 373 Å². The second kappa shape index (κ2) is 68.1. The number of carboxylic acids is 1. The summed E-state index contributed by atoms with van der Waals surface area (Å²) in [5, 5.41) is 18.4. The molecule has 0 spiro atoms. The summed E-state index contributed by atoms with van der Waals surface area (Å²) in [6, 6.07) is 50.0. The van der Waals surface area contributed by atoms with Gasteiger partial charge in [0.25, 0.3) is 0 Å². The number of halogens is 23. The molecule has 2 N–H and O–H groups in total. The van der Waals surface area contributed by atoms with Crippen LogP contribution in [0.25, 0.3) is 0 Å². The smallest absolute Gasteiger partial charge is 0.369 e. The Hall–Kier alpha value is 0.845. The fraction of sp³-hybridized carbons (Fsp3) is 0.263. The van der Waals surface area contributed by atoms with Gasteiger partial charge >= 0.3 is 9.15 Å². The number of carbonyl (C=O) groups is 2. The Bertz CT molecular complexity index is 4410. The van der Waals surface area contributed by atoms with Crippen LogP contribution in [0, 0.1) is 0 Å². The van der Waals surface area contributed by atoms with Gasteiger partial charge in [0.1, 0.15) is 37.4 Å². The molecule has 39 heteroatoms. The molecule has 0 unspecified atom stereocenters. The highest BCUT2D eigenvalue weighted by molar-refractivity contribution is 9.69. The van der Waals surface area contributed by atoms with Gasteiger partial charge in [-0.1, -0.05) is 125 Å². The quantitative estimate of drug-likeness (QED) is 0.0491. The second-order valence-electron chi connectivity index (χ2n) is 21.7. The zero-order chi connectivity index (χ0) is 86.5. The highest BCUT2D eigenvalue weighted by Crippen LogP contribution is 2.38. The van der Waals surface area contributed by atoms with E-state index in [0.717, 1.165) is 143 Å². The molecule has 9 nitrogen and oxygen atoms in total. The number of alkyl halides is 8. The Morgan fingerprint density at radius 2 is 0.704 bits per heavy atom. The Kier molecular flexibility index (Phi) is 67.4. The summed E-state index contributed by atoms with van der Waals surface area (Å²) in [5.74, 6) is 2.65. The van der Waals surface area contributed by atoms with Gasteiger partial charge in [-0.15, -0.1) is 208 Å². The Balaban J connectivity index is 0.000000659. The molecular formula is C76H72BBr9Cl14O9S6. The molecule has 5 aromatic carbocycles. The van der Waals surface area contributed by atoms with Crippen LogP contribution in [-0.4, -0.2) is 86.7 Å². The van der Waals surface area contributed by atoms with Crippen molar-refractivity contribution in [2.45, 2.75) is 71.8 Å². The van der Waals surface area contributed by atoms with Gasteiger partial charge in [-0.05, 0) is 308 Å². The van der Waals surface area contributed by atoms with E-state index in [1.165, 1.54) is 69.6 Å². The van der Waals surface area contributed by atoms with Gasteiger partial charge in [0.2, 0.25) is 0 Å². The van der Waals surface area contributed by atoms with Gasteiger partial charge in [-0.3, -0.25) is 4.79 Å². The molecule has 11 aromatic rings. The summed E-state index contributed by atoms with van der Waals surface area (Å²) in [6.07, 6.45) is 7.14. The number of hydrogen-bond acceptors (Lipinski definition) is 14. The number of ether oxygens (including phenoxy) is 5. The van der Waals surface area contributed by atoms with Crippen molar-refractivity contribution in [3.05, 3.63) is 268 Å².